The zero-order valence-electron chi connectivity index (χ0n) is 10.9. The van der Waals surface area contributed by atoms with E-state index in [1.54, 1.807) is 0 Å². The van der Waals surface area contributed by atoms with E-state index in [9.17, 15) is 4.79 Å². The number of hydrogen-bond donors (Lipinski definition) is 2. The average Bonchev–Trinajstić information content (AvgIpc) is 3.04. The van der Waals surface area contributed by atoms with Gasteiger partial charge < -0.3 is 25.3 Å². The molecule has 1 unspecified atom stereocenters. The van der Waals surface area contributed by atoms with Gasteiger partial charge in [-0.05, 0) is 12.1 Å². The summed E-state index contributed by atoms with van der Waals surface area (Å²) in [5.41, 5.74) is 7.92. The third-order valence-corrected chi connectivity index (χ3v) is 3.94. The molecule has 2 aromatic rings. The Kier molecular flexibility index (Phi) is 2.29. The van der Waals surface area contributed by atoms with Crippen LogP contribution in [0.3, 0.4) is 0 Å². The normalized spacial score (nSPS) is 22.2. The Morgan fingerprint density at radius 2 is 2.30 bits per heavy atom. The van der Waals surface area contributed by atoms with E-state index in [4.69, 9.17) is 10.2 Å². The molecular formula is C13H15N5O2. The highest BCUT2D eigenvalue weighted by Crippen LogP contribution is 2.27. The van der Waals surface area contributed by atoms with Gasteiger partial charge in [0.25, 0.3) is 6.01 Å². The molecule has 3 heterocycles. The molecule has 1 aromatic heterocycles. The number of nitrogens with two attached hydrogens (primary N) is 1. The lowest BCUT2D eigenvalue weighted by Crippen LogP contribution is -2.52. The van der Waals surface area contributed by atoms with E-state index < -0.39 is 0 Å². The maximum Gasteiger partial charge on any atom is 0.317 e. The molecule has 7 heteroatoms. The van der Waals surface area contributed by atoms with Crippen molar-refractivity contribution in [2.45, 2.75) is 6.04 Å². The van der Waals surface area contributed by atoms with Crippen LogP contribution in [-0.2, 0) is 0 Å². The van der Waals surface area contributed by atoms with Crippen LogP contribution in [0, 0.1) is 0 Å². The van der Waals surface area contributed by atoms with Gasteiger partial charge in [-0.1, -0.05) is 6.07 Å². The summed E-state index contributed by atoms with van der Waals surface area (Å²) in [7, 11) is 0. The molecule has 0 saturated carbocycles. The lowest BCUT2D eigenvalue weighted by molar-refractivity contribution is 0.196. The second-order valence-electron chi connectivity index (χ2n) is 5.17. The Morgan fingerprint density at radius 1 is 1.40 bits per heavy atom. The first-order valence-electron chi connectivity index (χ1n) is 6.67. The van der Waals surface area contributed by atoms with Crippen LogP contribution in [0.5, 0.6) is 0 Å². The van der Waals surface area contributed by atoms with Crippen molar-refractivity contribution >= 4 is 28.8 Å². The molecule has 1 aromatic carbocycles. The highest BCUT2D eigenvalue weighted by molar-refractivity contribution is 5.86. The second kappa shape index (κ2) is 4.03. The van der Waals surface area contributed by atoms with Crippen molar-refractivity contribution in [1.82, 2.24) is 15.2 Å². The topological polar surface area (TPSA) is 87.6 Å². The van der Waals surface area contributed by atoms with Gasteiger partial charge in [0.05, 0.1) is 11.7 Å². The predicted octanol–water partition coefficient (Wildman–Crippen LogP) is 0.624. The molecule has 0 bridgehead atoms. The van der Waals surface area contributed by atoms with Crippen LogP contribution in [0.15, 0.2) is 22.6 Å². The number of nitrogens with zero attached hydrogens (tertiary/aromatic N) is 3. The van der Waals surface area contributed by atoms with Crippen molar-refractivity contribution in [3.05, 3.63) is 18.2 Å². The largest absolute Gasteiger partial charge is 0.423 e. The van der Waals surface area contributed by atoms with E-state index in [2.05, 4.69) is 15.2 Å². The van der Waals surface area contributed by atoms with E-state index in [1.165, 1.54) is 0 Å². The van der Waals surface area contributed by atoms with Crippen LogP contribution in [-0.4, -0.2) is 48.1 Å². The van der Waals surface area contributed by atoms with Gasteiger partial charge in [0.15, 0.2) is 5.58 Å². The number of amides is 2. The number of rotatable bonds is 1. The second-order valence-corrected chi connectivity index (χ2v) is 5.17. The molecule has 7 nitrogen and oxygen atoms in total. The Balaban J connectivity index is 1.64. The van der Waals surface area contributed by atoms with Crippen molar-refractivity contribution in [3.63, 3.8) is 0 Å². The third kappa shape index (κ3) is 1.59. The fraction of sp³-hybridized carbons (Fsp3) is 0.385. The Labute approximate surface area is 115 Å². The monoisotopic (exact) mass is 273 g/mol. The fourth-order valence-electron chi connectivity index (χ4n) is 2.87. The van der Waals surface area contributed by atoms with Gasteiger partial charge in [-0.2, -0.15) is 4.98 Å². The highest BCUT2D eigenvalue weighted by atomic mass is 16.4. The number of urea groups is 1. The Hall–Kier alpha value is -2.44. The summed E-state index contributed by atoms with van der Waals surface area (Å²) in [6, 6.07) is 6.31. The number of fused-ring (bicyclic) bond motifs is 2. The zero-order valence-corrected chi connectivity index (χ0v) is 10.9. The van der Waals surface area contributed by atoms with Crippen LogP contribution in [0.1, 0.15) is 0 Å². The summed E-state index contributed by atoms with van der Waals surface area (Å²) in [4.78, 5) is 20.0. The zero-order chi connectivity index (χ0) is 13.7. The smallest absolute Gasteiger partial charge is 0.317 e. The molecular weight excluding hydrogens is 258 g/mol. The SMILES string of the molecule is Nc1cccc2oc(N3CCN4C(=O)NCC4C3)nc12. The number of carbonyl (C=O) groups excluding carboxylic acids is 1. The van der Waals surface area contributed by atoms with Crippen molar-refractivity contribution < 1.29 is 9.21 Å². The van der Waals surface area contributed by atoms with Gasteiger partial charge >= 0.3 is 6.03 Å². The van der Waals surface area contributed by atoms with Crippen LogP contribution < -0.4 is 16.0 Å². The summed E-state index contributed by atoms with van der Waals surface area (Å²) in [6.45, 7) is 2.81. The van der Waals surface area contributed by atoms with Crippen molar-refractivity contribution in [2.75, 3.05) is 36.8 Å². The molecule has 104 valence electrons. The summed E-state index contributed by atoms with van der Waals surface area (Å²) in [5.74, 6) is 0. The number of para-hydroxylation sites is 1. The van der Waals surface area contributed by atoms with E-state index in [1.807, 2.05) is 23.1 Å². The molecule has 0 radical (unpaired) electrons. The van der Waals surface area contributed by atoms with Gasteiger partial charge in [0, 0.05) is 26.2 Å². The number of hydrogen-bond acceptors (Lipinski definition) is 5. The van der Waals surface area contributed by atoms with Crippen molar-refractivity contribution in [2.24, 2.45) is 0 Å². The molecule has 2 saturated heterocycles. The first-order valence-corrected chi connectivity index (χ1v) is 6.67. The van der Waals surface area contributed by atoms with Gasteiger partial charge in [-0.3, -0.25) is 0 Å². The fourth-order valence-corrected chi connectivity index (χ4v) is 2.87. The molecule has 20 heavy (non-hydrogen) atoms. The summed E-state index contributed by atoms with van der Waals surface area (Å²) in [5, 5.41) is 2.86. The maximum atomic E-state index is 11.6. The molecule has 4 rings (SSSR count). The minimum absolute atomic E-state index is 0.0245. The number of carbonyl (C=O) groups is 1. The first-order chi connectivity index (χ1) is 9.72. The molecule has 2 fully saturated rings. The standard InChI is InChI=1S/C13H15N5O2/c14-9-2-1-3-10-11(9)16-13(20-10)17-4-5-18-8(7-17)6-15-12(18)19/h1-3,8H,4-7,14H2,(H,15,19). The average molecular weight is 273 g/mol. The van der Waals surface area contributed by atoms with E-state index in [0.29, 0.717) is 35.9 Å². The summed E-state index contributed by atoms with van der Waals surface area (Å²) < 4.78 is 5.77. The van der Waals surface area contributed by atoms with Crippen LogP contribution >= 0.6 is 0 Å². The number of aromatic nitrogens is 1. The molecule has 2 aliphatic heterocycles. The van der Waals surface area contributed by atoms with E-state index in [-0.39, 0.29) is 12.1 Å². The van der Waals surface area contributed by atoms with Crippen LogP contribution in [0.4, 0.5) is 16.5 Å². The van der Waals surface area contributed by atoms with E-state index in [0.717, 1.165) is 13.1 Å². The molecule has 0 aliphatic carbocycles. The number of oxazole rings is 1. The summed E-state index contributed by atoms with van der Waals surface area (Å²) in [6.07, 6.45) is 0. The summed E-state index contributed by atoms with van der Waals surface area (Å²) >= 11 is 0. The van der Waals surface area contributed by atoms with Gasteiger partial charge in [0.1, 0.15) is 5.52 Å². The Morgan fingerprint density at radius 3 is 3.15 bits per heavy atom. The minimum atomic E-state index is 0.0245. The number of anilines is 2. The number of nitrogens with one attached hydrogen (secondary N) is 1. The lowest BCUT2D eigenvalue weighted by atomic mass is 10.2. The maximum absolute atomic E-state index is 11.6. The lowest BCUT2D eigenvalue weighted by Gasteiger charge is -2.35. The molecule has 1 atom stereocenters. The quantitative estimate of drug-likeness (QED) is 0.744. The number of benzene rings is 1. The van der Waals surface area contributed by atoms with E-state index >= 15 is 0 Å². The Bertz CT molecular complexity index is 682. The molecule has 3 N–H and O–H groups in total. The number of nitrogen functional groups attached to an aromatic ring is 1. The van der Waals surface area contributed by atoms with Gasteiger partial charge in [0.2, 0.25) is 0 Å². The number of piperazine rings is 1. The first kappa shape index (κ1) is 11.4. The predicted molar refractivity (Wildman–Crippen MR) is 74.5 cm³/mol. The van der Waals surface area contributed by atoms with Crippen molar-refractivity contribution in [3.8, 4) is 0 Å². The van der Waals surface area contributed by atoms with Gasteiger partial charge in [-0.25, -0.2) is 4.79 Å². The van der Waals surface area contributed by atoms with Crippen LogP contribution in [0.25, 0.3) is 11.1 Å². The highest BCUT2D eigenvalue weighted by Gasteiger charge is 2.36. The van der Waals surface area contributed by atoms with Gasteiger partial charge in [-0.15, -0.1) is 0 Å². The third-order valence-electron chi connectivity index (χ3n) is 3.94. The molecule has 2 amide bonds. The van der Waals surface area contributed by atoms with Crippen LogP contribution in [0.2, 0.25) is 0 Å². The van der Waals surface area contributed by atoms with Crippen molar-refractivity contribution in [1.29, 1.82) is 0 Å². The molecule has 2 aliphatic rings. The molecule has 0 spiro atoms. The minimum Gasteiger partial charge on any atom is -0.423 e.